The molecule has 114 valence electrons. The molecule has 0 bridgehead atoms. The van der Waals surface area contributed by atoms with Crippen LogP contribution >= 0.6 is 0 Å². The molecule has 1 rings (SSSR count). The molecule has 0 unspecified atom stereocenters. The molecule has 0 radical (unpaired) electrons. The molecule has 7 heteroatoms. The standard InChI is InChI=1S/C14H19N3O4/c1-8(2)14(5,7-15)16-11(18)6-20-13(19)12-9(3)17-21-10(12)4/h8H,6H2,1-5H3,(H,16,18)/t14-/m0/s1. The van der Waals surface area contributed by atoms with Crippen LogP contribution in [0.5, 0.6) is 0 Å². The third kappa shape index (κ3) is 3.81. The largest absolute Gasteiger partial charge is 0.452 e. The van der Waals surface area contributed by atoms with Crippen LogP contribution in [0.4, 0.5) is 0 Å². The number of nitriles is 1. The number of carbonyl (C=O) groups excluding carboxylic acids is 2. The summed E-state index contributed by atoms with van der Waals surface area (Å²) in [6, 6.07) is 2.04. The first kappa shape index (κ1) is 16.7. The Balaban J connectivity index is 2.62. The van der Waals surface area contributed by atoms with E-state index in [2.05, 4.69) is 10.5 Å². The highest BCUT2D eigenvalue weighted by molar-refractivity contribution is 5.93. The van der Waals surface area contributed by atoms with Gasteiger partial charge < -0.3 is 14.6 Å². The summed E-state index contributed by atoms with van der Waals surface area (Å²) in [5.41, 5.74) is -0.386. The van der Waals surface area contributed by atoms with Gasteiger partial charge in [-0.15, -0.1) is 0 Å². The number of nitrogens with one attached hydrogen (secondary N) is 1. The van der Waals surface area contributed by atoms with Crippen molar-refractivity contribution in [2.75, 3.05) is 6.61 Å². The van der Waals surface area contributed by atoms with E-state index in [0.717, 1.165) is 0 Å². The third-order valence-electron chi connectivity index (χ3n) is 3.36. The van der Waals surface area contributed by atoms with E-state index in [1.54, 1.807) is 20.8 Å². The SMILES string of the molecule is Cc1noc(C)c1C(=O)OCC(=O)N[C@@](C)(C#N)C(C)C. The highest BCUT2D eigenvalue weighted by atomic mass is 16.5. The Morgan fingerprint density at radius 1 is 1.48 bits per heavy atom. The number of ether oxygens (including phenoxy) is 1. The Morgan fingerprint density at radius 3 is 2.52 bits per heavy atom. The van der Waals surface area contributed by atoms with Gasteiger partial charge in [-0.2, -0.15) is 5.26 Å². The van der Waals surface area contributed by atoms with Crippen LogP contribution in [0.2, 0.25) is 0 Å². The summed E-state index contributed by atoms with van der Waals surface area (Å²) in [6.45, 7) is 7.98. The molecule has 1 heterocycles. The van der Waals surface area contributed by atoms with Gasteiger partial charge in [-0.3, -0.25) is 4.79 Å². The van der Waals surface area contributed by atoms with E-state index in [1.165, 1.54) is 0 Å². The normalized spacial score (nSPS) is 13.4. The fourth-order valence-corrected chi connectivity index (χ4v) is 1.60. The van der Waals surface area contributed by atoms with E-state index in [0.29, 0.717) is 11.5 Å². The van der Waals surface area contributed by atoms with Crippen molar-refractivity contribution in [2.45, 2.75) is 40.2 Å². The summed E-state index contributed by atoms with van der Waals surface area (Å²) in [5, 5.41) is 15.3. The molecule has 1 amide bonds. The highest BCUT2D eigenvalue weighted by Gasteiger charge is 2.30. The zero-order valence-electron chi connectivity index (χ0n) is 12.8. The fourth-order valence-electron chi connectivity index (χ4n) is 1.60. The van der Waals surface area contributed by atoms with E-state index in [4.69, 9.17) is 14.5 Å². The molecule has 0 aliphatic carbocycles. The van der Waals surface area contributed by atoms with Gasteiger partial charge in [0.2, 0.25) is 0 Å². The predicted octanol–water partition coefficient (Wildman–Crippen LogP) is 1.50. The number of aryl methyl sites for hydroxylation is 2. The molecular weight excluding hydrogens is 274 g/mol. The first-order valence-corrected chi connectivity index (χ1v) is 6.53. The van der Waals surface area contributed by atoms with Crippen molar-refractivity contribution in [2.24, 2.45) is 5.92 Å². The Morgan fingerprint density at radius 2 is 2.10 bits per heavy atom. The lowest BCUT2D eigenvalue weighted by atomic mass is 9.90. The van der Waals surface area contributed by atoms with Crippen LogP contribution in [0.25, 0.3) is 0 Å². The smallest absolute Gasteiger partial charge is 0.344 e. The molecule has 0 aromatic carbocycles. The van der Waals surface area contributed by atoms with Gasteiger partial charge in [0.1, 0.15) is 16.9 Å². The minimum atomic E-state index is -1.01. The first-order valence-electron chi connectivity index (χ1n) is 6.53. The molecule has 0 fully saturated rings. The monoisotopic (exact) mass is 293 g/mol. The second-order valence-corrected chi connectivity index (χ2v) is 5.29. The predicted molar refractivity (Wildman–Crippen MR) is 73.3 cm³/mol. The average Bonchev–Trinajstić information content (AvgIpc) is 2.75. The number of hydrogen-bond donors (Lipinski definition) is 1. The van der Waals surface area contributed by atoms with Crippen LogP contribution in [0, 0.1) is 31.1 Å². The number of carbonyl (C=O) groups is 2. The van der Waals surface area contributed by atoms with Gasteiger partial charge >= 0.3 is 5.97 Å². The number of nitrogens with zero attached hydrogens (tertiary/aromatic N) is 2. The van der Waals surface area contributed by atoms with E-state index in [1.807, 2.05) is 19.9 Å². The first-order chi connectivity index (χ1) is 9.71. The summed E-state index contributed by atoms with van der Waals surface area (Å²) >= 11 is 0. The van der Waals surface area contributed by atoms with Crippen LogP contribution < -0.4 is 5.32 Å². The van der Waals surface area contributed by atoms with E-state index < -0.39 is 24.0 Å². The minimum Gasteiger partial charge on any atom is -0.452 e. The van der Waals surface area contributed by atoms with Gasteiger partial charge in [-0.1, -0.05) is 19.0 Å². The van der Waals surface area contributed by atoms with Gasteiger partial charge in [-0.05, 0) is 26.7 Å². The molecule has 0 saturated heterocycles. The lowest BCUT2D eigenvalue weighted by Gasteiger charge is -2.27. The van der Waals surface area contributed by atoms with Crippen molar-refractivity contribution in [3.63, 3.8) is 0 Å². The maximum Gasteiger partial charge on any atom is 0.344 e. The number of aromatic nitrogens is 1. The lowest BCUT2D eigenvalue weighted by Crippen LogP contribution is -2.50. The van der Waals surface area contributed by atoms with Crippen LogP contribution in [0.3, 0.4) is 0 Å². The Hall–Kier alpha value is -2.36. The zero-order chi connectivity index (χ0) is 16.2. The summed E-state index contributed by atoms with van der Waals surface area (Å²) in [4.78, 5) is 23.6. The quantitative estimate of drug-likeness (QED) is 0.825. The second kappa shape index (κ2) is 6.39. The van der Waals surface area contributed by atoms with Crippen molar-refractivity contribution >= 4 is 11.9 Å². The van der Waals surface area contributed by atoms with Gasteiger partial charge in [0, 0.05) is 0 Å². The third-order valence-corrected chi connectivity index (χ3v) is 3.36. The van der Waals surface area contributed by atoms with E-state index >= 15 is 0 Å². The zero-order valence-corrected chi connectivity index (χ0v) is 12.8. The van der Waals surface area contributed by atoms with Crippen molar-refractivity contribution in [1.29, 1.82) is 5.26 Å². The van der Waals surface area contributed by atoms with Crippen molar-refractivity contribution in [3.05, 3.63) is 17.0 Å². The lowest BCUT2D eigenvalue weighted by molar-refractivity contribution is -0.125. The molecule has 1 aromatic rings. The summed E-state index contributed by atoms with van der Waals surface area (Å²) in [7, 11) is 0. The molecule has 1 aromatic heterocycles. The number of amides is 1. The van der Waals surface area contributed by atoms with Gasteiger partial charge in [0.25, 0.3) is 5.91 Å². The number of rotatable bonds is 5. The molecule has 7 nitrogen and oxygen atoms in total. The second-order valence-electron chi connectivity index (χ2n) is 5.29. The van der Waals surface area contributed by atoms with Crippen LogP contribution in [0.15, 0.2) is 4.52 Å². The van der Waals surface area contributed by atoms with Gasteiger partial charge in [-0.25, -0.2) is 4.79 Å². The van der Waals surface area contributed by atoms with Crippen LogP contribution in [-0.2, 0) is 9.53 Å². The van der Waals surface area contributed by atoms with E-state index in [-0.39, 0.29) is 11.5 Å². The number of hydrogen-bond acceptors (Lipinski definition) is 6. The van der Waals surface area contributed by atoms with Gasteiger partial charge in [0.15, 0.2) is 6.61 Å². The maximum atomic E-state index is 11.9. The van der Waals surface area contributed by atoms with Crippen molar-refractivity contribution in [1.82, 2.24) is 10.5 Å². The van der Waals surface area contributed by atoms with E-state index in [9.17, 15) is 9.59 Å². The average molecular weight is 293 g/mol. The molecule has 1 N–H and O–H groups in total. The molecule has 0 saturated carbocycles. The fraction of sp³-hybridized carbons (Fsp3) is 0.571. The van der Waals surface area contributed by atoms with Crippen molar-refractivity contribution in [3.8, 4) is 6.07 Å². The molecule has 21 heavy (non-hydrogen) atoms. The highest BCUT2D eigenvalue weighted by Crippen LogP contribution is 2.15. The Bertz CT molecular complexity index is 566. The molecule has 0 spiro atoms. The minimum absolute atomic E-state index is 0.0790. The topological polar surface area (TPSA) is 105 Å². The molecule has 0 aliphatic heterocycles. The summed E-state index contributed by atoms with van der Waals surface area (Å²) < 4.78 is 9.78. The number of esters is 1. The van der Waals surface area contributed by atoms with Gasteiger partial charge in [0.05, 0.1) is 11.8 Å². The van der Waals surface area contributed by atoms with Crippen LogP contribution in [-0.4, -0.2) is 29.2 Å². The molecule has 0 aliphatic rings. The Labute approximate surface area is 123 Å². The molecular formula is C14H19N3O4. The maximum absolute atomic E-state index is 11.9. The van der Waals surface area contributed by atoms with Crippen LogP contribution in [0.1, 0.15) is 42.6 Å². The summed E-state index contributed by atoms with van der Waals surface area (Å²) in [5.74, 6) is -0.955. The molecule has 1 atom stereocenters. The Kier molecular flexibility index (Phi) is 5.08. The summed E-state index contributed by atoms with van der Waals surface area (Å²) in [6.07, 6.45) is 0. The van der Waals surface area contributed by atoms with Crippen molar-refractivity contribution < 1.29 is 18.8 Å².